The third-order valence-corrected chi connectivity index (χ3v) is 8.46. The highest BCUT2D eigenvalue weighted by Gasteiger charge is 2.38. The van der Waals surface area contributed by atoms with Gasteiger partial charge in [0, 0.05) is 32.2 Å². The summed E-state index contributed by atoms with van der Waals surface area (Å²) < 4.78 is 17.2. The molecule has 3 nitrogen and oxygen atoms in total. The van der Waals surface area contributed by atoms with E-state index in [1.54, 1.807) is 24.3 Å². The number of aliphatic hydroxyl groups is 1. The van der Waals surface area contributed by atoms with Gasteiger partial charge in [-0.1, -0.05) is 68.4 Å². The normalized spacial score (nSPS) is 19.2. The number of para-hydroxylation sites is 2. The van der Waals surface area contributed by atoms with Crippen molar-refractivity contribution in [3.63, 3.8) is 0 Å². The molecule has 0 amide bonds. The molecule has 1 atom stereocenters. The Bertz CT molecular complexity index is 1740. The summed E-state index contributed by atoms with van der Waals surface area (Å²) in [5, 5.41) is 13.7. The zero-order chi connectivity index (χ0) is 23.4. The van der Waals surface area contributed by atoms with Crippen LogP contribution in [0.3, 0.4) is 0 Å². The molecule has 3 aromatic carbocycles. The van der Waals surface area contributed by atoms with Crippen molar-refractivity contribution < 1.29 is 14.3 Å². The van der Waals surface area contributed by atoms with Crippen molar-refractivity contribution in [2.45, 2.75) is 25.4 Å². The first-order chi connectivity index (χ1) is 16.4. The van der Waals surface area contributed by atoms with Crippen LogP contribution in [0.1, 0.15) is 51.9 Å². The first-order valence-electron chi connectivity index (χ1n) is 11.3. The molecule has 3 heterocycles. The molecule has 166 valence electrons. The lowest BCUT2D eigenvalue weighted by molar-refractivity contribution is 0.102. The molecule has 2 aliphatic rings. The molecule has 7 rings (SSSR count). The lowest BCUT2D eigenvalue weighted by atomic mass is 9.76. The zero-order valence-electron chi connectivity index (χ0n) is 18.6. The van der Waals surface area contributed by atoms with Crippen molar-refractivity contribution in [2.24, 2.45) is 0 Å². The van der Waals surface area contributed by atoms with Crippen LogP contribution in [0.25, 0.3) is 32.9 Å². The van der Waals surface area contributed by atoms with Crippen LogP contribution in [0.4, 0.5) is 4.39 Å². The maximum atomic E-state index is 15.2. The lowest BCUT2D eigenvalue weighted by Gasteiger charge is -2.32. The minimum Gasteiger partial charge on any atom is -0.383 e. The van der Waals surface area contributed by atoms with Gasteiger partial charge in [-0.3, -0.25) is 9.36 Å². The Balaban J connectivity index is 1.50. The predicted octanol–water partition coefficient (Wildman–Crippen LogP) is 6.94. The Morgan fingerprint density at radius 3 is 2.50 bits per heavy atom. The highest BCUT2D eigenvalue weighted by molar-refractivity contribution is 7.15. The van der Waals surface area contributed by atoms with E-state index in [2.05, 4.69) is 32.0 Å². The average molecular weight is 466 g/mol. The highest BCUT2D eigenvalue weighted by atomic mass is 32.1. The van der Waals surface area contributed by atoms with Gasteiger partial charge >= 0.3 is 0 Å². The fourth-order valence-electron chi connectivity index (χ4n) is 5.70. The van der Waals surface area contributed by atoms with Crippen molar-refractivity contribution in [1.82, 2.24) is 4.57 Å². The number of rotatable bonds is 1. The summed E-state index contributed by atoms with van der Waals surface area (Å²) in [5.74, 6) is -0.396. The summed E-state index contributed by atoms with van der Waals surface area (Å²) in [7, 11) is 0. The monoisotopic (exact) mass is 465 g/mol. The molecule has 1 aliphatic carbocycles. The van der Waals surface area contributed by atoms with Gasteiger partial charge in [-0.15, -0.1) is 11.3 Å². The highest BCUT2D eigenvalue weighted by Crippen LogP contribution is 2.51. The SMILES string of the molecule is CC1(C)c2cc(/C=C3\C(=O)c4ccccc4C3O)sc2-n2c3c(F)cccc3c3cccc1c32. The van der Waals surface area contributed by atoms with Gasteiger partial charge in [-0.05, 0) is 34.9 Å². The molecular weight excluding hydrogens is 445 g/mol. The van der Waals surface area contributed by atoms with Gasteiger partial charge in [0.25, 0.3) is 0 Å². The number of Topliss-reactive ketones (excluding diaryl/α,β-unsaturated/α-hetero) is 1. The smallest absolute Gasteiger partial charge is 0.192 e. The molecule has 0 saturated heterocycles. The van der Waals surface area contributed by atoms with Crippen LogP contribution in [-0.2, 0) is 5.41 Å². The number of hydrogen-bond acceptors (Lipinski definition) is 3. The van der Waals surface area contributed by atoms with E-state index in [4.69, 9.17) is 0 Å². The molecule has 0 bridgehead atoms. The zero-order valence-corrected chi connectivity index (χ0v) is 19.4. The number of carbonyl (C=O) groups excluding carboxylic acids is 1. The van der Waals surface area contributed by atoms with E-state index >= 15 is 4.39 Å². The molecule has 1 N–H and O–H groups in total. The predicted molar refractivity (Wildman–Crippen MR) is 134 cm³/mol. The van der Waals surface area contributed by atoms with Crippen LogP contribution in [0.2, 0.25) is 0 Å². The number of thiophene rings is 1. The maximum absolute atomic E-state index is 15.2. The molecule has 0 spiro atoms. The van der Waals surface area contributed by atoms with E-state index in [-0.39, 0.29) is 17.0 Å². The minimum absolute atomic E-state index is 0.142. The summed E-state index contributed by atoms with van der Waals surface area (Å²) in [6.07, 6.45) is 0.861. The van der Waals surface area contributed by atoms with Gasteiger partial charge in [0.05, 0.1) is 11.0 Å². The van der Waals surface area contributed by atoms with Gasteiger partial charge in [0.1, 0.15) is 16.9 Å². The van der Waals surface area contributed by atoms with Crippen molar-refractivity contribution in [2.75, 3.05) is 0 Å². The Labute approximate surface area is 199 Å². The van der Waals surface area contributed by atoms with Crippen molar-refractivity contribution in [3.05, 3.63) is 105 Å². The van der Waals surface area contributed by atoms with E-state index in [1.807, 2.05) is 28.8 Å². The molecule has 0 saturated carbocycles. The fraction of sp³-hybridized carbons (Fsp3) is 0.138. The summed E-state index contributed by atoms with van der Waals surface area (Å²) in [6.45, 7) is 4.38. The minimum atomic E-state index is -0.940. The Hall–Kier alpha value is -3.54. The second-order valence-corrected chi connectivity index (χ2v) is 10.6. The number of carbonyl (C=O) groups is 1. The lowest BCUT2D eigenvalue weighted by Crippen LogP contribution is -2.24. The van der Waals surface area contributed by atoms with Gasteiger partial charge in [0.2, 0.25) is 0 Å². The van der Waals surface area contributed by atoms with Crippen LogP contribution in [0, 0.1) is 5.82 Å². The summed E-state index contributed by atoms with van der Waals surface area (Å²) in [4.78, 5) is 13.9. The molecule has 0 fully saturated rings. The number of nitrogens with zero attached hydrogens (tertiary/aromatic N) is 1. The van der Waals surface area contributed by atoms with E-state index in [9.17, 15) is 9.90 Å². The number of hydrogen-bond donors (Lipinski definition) is 1. The van der Waals surface area contributed by atoms with E-state index in [0.29, 0.717) is 22.2 Å². The number of fused-ring (bicyclic) bond motifs is 6. The summed E-state index contributed by atoms with van der Waals surface area (Å²) >= 11 is 1.53. The Morgan fingerprint density at radius 2 is 1.71 bits per heavy atom. The number of aliphatic hydroxyl groups excluding tert-OH is 1. The standard InChI is InChI=1S/C29H20FNO2S/c1-29(2)21-11-5-9-16-17-10-6-12-23(30)25(17)31(24(16)21)28-22(29)14-15(34-28)13-20-26(32)18-7-3-4-8-19(18)27(20)33/h3-14,26,32H,1-2H3/b20-13-. The first-order valence-corrected chi connectivity index (χ1v) is 12.1. The Morgan fingerprint density at radius 1 is 0.971 bits per heavy atom. The second kappa shape index (κ2) is 6.53. The van der Waals surface area contributed by atoms with Crippen molar-refractivity contribution in [3.8, 4) is 5.00 Å². The second-order valence-electron chi connectivity index (χ2n) is 9.58. The molecule has 34 heavy (non-hydrogen) atoms. The number of aromatic nitrogens is 1. The van der Waals surface area contributed by atoms with Gasteiger partial charge < -0.3 is 5.11 Å². The molecule has 0 radical (unpaired) electrons. The van der Waals surface area contributed by atoms with Crippen molar-refractivity contribution in [1.29, 1.82) is 0 Å². The topological polar surface area (TPSA) is 42.2 Å². The van der Waals surface area contributed by atoms with Crippen molar-refractivity contribution >= 4 is 45.0 Å². The molecule has 5 aromatic rings. The Kier molecular flexibility index (Phi) is 3.82. The first kappa shape index (κ1) is 19.9. The van der Waals surface area contributed by atoms with Crippen LogP contribution < -0.4 is 0 Å². The third kappa shape index (κ3) is 2.36. The van der Waals surface area contributed by atoms with Crippen LogP contribution in [-0.4, -0.2) is 15.5 Å². The van der Waals surface area contributed by atoms with Gasteiger partial charge in [0.15, 0.2) is 5.78 Å². The van der Waals surface area contributed by atoms with Crippen LogP contribution in [0.5, 0.6) is 0 Å². The van der Waals surface area contributed by atoms with Crippen LogP contribution >= 0.6 is 11.3 Å². The van der Waals surface area contributed by atoms with E-state index in [0.717, 1.165) is 37.3 Å². The molecule has 1 aliphatic heterocycles. The van der Waals surface area contributed by atoms with E-state index in [1.165, 1.54) is 17.4 Å². The summed E-state index contributed by atoms with van der Waals surface area (Å²) in [5.41, 5.74) is 5.12. The maximum Gasteiger partial charge on any atom is 0.192 e. The summed E-state index contributed by atoms with van der Waals surface area (Å²) in [6, 6.07) is 20.7. The van der Waals surface area contributed by atoms with Gasteiger partial charge in [-0.2, -0.15) is 0 Å². The number of halogens is 1. The number of ketones is 1. The molecule has 5 heteroatoms. The average Bonchev–Trinajstić information content (AvgIpc) is 3.48. The fourth-order valence-corrected chi connectivity index (χ4v) is 6.98. The molecule has 1 unspecified atom stereocenters. The van der Waals surface area contributed by atoms with E-state index < -0.39 is 6.10 Å². The van der Waals surface area contributed by atoms with Crippen LogP contribution in [0.15, 0.2) is 72.3 Å². The number of benzene rings is 3. The molecular formula is C29H20FNO2S. The third-order valence-electron chi connectivity index (χ3n) is 7.40. The largest absolute Gasteiger partial charge is 0.383 e. The quantitative estimate of drug-likeness (QED) is 0.273. The van der Waals surface area contributed by atoms with Gasteiger partial charge in [-0.25, -0.2) is 4.39 Å². The molecule has 2 aromatic heterocycles.